The molecule has 2 rings (SSSR count). The number of alkyl halides is 3. The number of carbonyl (C=O) groups is 1. The predicted molar refractivity (Wildman–Crippen MR) is 76.9 cm³/mol. The van der Waals surface area contributed by atoms with E-state index in [1.807, 2.05) is 19.1 Å². The molecule has 1 amide bonds. The number of aryl methyl sites for hydroxylation is 1. The van der Waals surface area contributed by atoms with Crippen molar-refractivity contribution in [3.63, 3.8) is 0 Å². The van der Waals surface area contributed by atoms with Crippen molar-refractivity contribution in [2.75, 3.05) is 13.2 Å². The van der Waals surface area contributed by atoms with Crippen LogP contribution in [0.3, 0.4) is 0 Å². The first-order valence-electron chi connectivity index (χ1n) is 6.91. The molecule has 1 aromatic carbocycles. The molecule has 0 aliphatic heterocycles. The monoisotopic (exact) mass is 327 g/mol. The highest BCUT2D eigenvalue weighted by Crippen LogP contribution is 2.27. The summed E-state index contributed by atoms with van der Waals surface area (Å²) in [5, 5.41) is 5.94. The summed E-state index contributed by atoms with van der Waals surface area (Å²) in [6, 6.07) is 8.13. The molecule has 0 saturated heterocycles. The summed E-state index contributed by atoms with van der Waals surface area (Å²) in [6.45, 7) is 2.09. The third kappa shape index (κ3) is 5.32. The zero-order valence-electron chi connectivity index (χ0n) is 12.4. The fraction of sp³-hybridized carbons (Fsp3) is 0.333. The number of hydrogen-bond acceptors (Lipinski definition) is 3. The number of nitrogens with one attached hydrogen (secondary N) is 1. The Labute approximate surface area is 131 Å². The molecule has 5 nitrogen and oxygen atoms in total. The van der Waals surface area contributed by atoms with E-state index in [9.17, 15) is 18.0 Å². The van der Waals surface area contributed by atoms with Crippen LogP contribution in [0, 0.1) is 6.92 Å². The van der Waals surface area contributed by atoms with Crippen LogP contribution in [0.2, 0.25) is 0 Å². The van der Waals surface area contributed by atoms with Gasteiger partial charge in [-0.1, -0.05) is 17.7 Å². The number of hydrogen-bond donors (Lipinski definition) is 1. The van der Waals surface area contributed by atoms with E-state index < -0.39 is 11.9 Å². The van der Waals surface area contributed by atoms with Gasteiger partial charge >= 0.3 is 6.18 Å². The second kappa shape index (κ2) is 7.17. The second-order valence-electron chi connectivity index (χ2n) is 4.91. The van der Waals surface area contributed by atoms with Gasteiger partial charge in [0.05, 0.1) is 6.54 Å². The molecule has 0 unspecified atom stereocenters. The molecular formula is C15H16F3N3O2. The van der Waals surface area contributed by atoms with Crippen molar-refractivity contribution in [3.05, 3.63) is 47.8 Å². The zero-order valence-corrected chi connectivity index (χ0v) is 12.4. The largest absolute Gasteiger partial charge is 0.484 e. The minimum Gasteiger partial charge on any atom is -0.484 e. The first-order chi connectivity index (χ1) is 10.8. The number of ether oxygens (including phenoxy) is 1. The zero-order chi connectivity index (χ0) is 16.9. The number of nitrogens with zero attached hydrogens (tertiary/aromatic N) is 2. The molecule has 0 spiro atoms. The predicted octanol–water partition coefficient (Wildman–Crippen LogP) is 2.41. The SMILES string of the molecule is Cc1ccc(OCC(=O)NCCn2ccc(C(F)(F)F)n2)cc1. The Morgan fingerprint density at radius 3 is 2.57 bits per heavy atom. The van der Waals surface area contributed by atoms with Gasteiger partial charge in [-0.2, -0.15) is 18.3 Å². The van der Waals surface area contributed by atoms with Gasteiger partial charge in [0, 0.05) is 12.7 Å². The van der Waals surface area contributed by atoms with Crippen molar-refractivity contribution >= 4 is 5.91 Å². The average Bonchev–Trinajstić information content (AvgIpc) is 2.96. The second-order valence-corrected chi connectivity index (χ2v) is 4.91. The van der Waals surface area contributed by atoms with E-state index >= 15 is 0 Å². The molecule has 1 N–H and O–H groups in total. The molecule has 0 saturated carbocycles. The van der Waals surface area contributed by atoms with E-state index in [-0.39, 0.29) is 25.6 Å². The van der Waals surface area contributed by atoms with Gasteiger partial charge < -0.3 is 10.1 Å². The Bertz CT molecular complexity index is 651. The number of halogens is 3. The Hall–Kier alpha value is -2.51. The molecule has 1 aromatic heterocycles. The minimum atomic E-state index is -4.46. The molecule has 23 heavy (non-hydrogen) atoms. The van der Waals surface area contributed by atoms with E-state index in [0.29, 0.717) is 5.75 Å². The first-order valence-corrected chi connectivity index (χ1v) is 6.91. The van der Waals surface area contributed by atoms with Gasteiger partial charge in [-0.25, -0.2) is 0 Å². The van der Waals surface area contributed by atoms with E-state index in [2.05, 4.69) is 10.4 Å². The van der Waals surface area contributed by atoms with E-state index in [1.165, 1.54) is 6.20 Å². The molecule has 1 heterocycles. The lowest BCUT2D eigenvalue weighted by Crippen LogP contribution is -2.31. The molecule has 124 valence electrons. The highest BCUT2D eigenvalue weighted by molar-refractivity contribution is 5.77. The van der Waals surface area contributed by atoms with E-state index in [0.717, 1.165) is 16.3 Å². The van der Waals surface area contributed by atoms with Crippen LogP contribution in [0.5, 0.6) is 5.75 Å². The lowest BCUT2D eigenvalue weighted by atomic mass is 10.2. The number of carbonyl (C=O) groups excluding carboxylic acids is 1. The van der Waals surface area contributed by atoms with Gasteiger partial charge in [0.2, 0.25) is 0 Å². The first kappa shape index (κ1) is 16.9. The molecule has 0 aliphatic rings. The molecule has 0 atom stereocenters. The Morgan fingerprint density at radius 2 is 1.96 bits per heavy atom. The maximum atomic E-state index is 12.4. The van der Waals surface area contributed by atoms with Gasteiger partial charge in [-0.3, -0.25) is 9.48 Å². The molecular weight excluding hydrogens is 311 g/mol. The maximum absolute atomic E-state index is 12.4. The minimum absolute atomic E-state index is 0.145. The third-order valence-corrected chi connectivity index (χ3v) is 2.99. The van der Waals surface area contributed by atoms with Crippen LogP contribution in [0.25, 0.3) is 0 Å². The molecule has 0 fully saturated rings. The van der Waals surface area contributed by atoms with Crippen LogP contribution in [0.1, 0.15) is 11.3 Å². The molecule has 0 radical (unpaired) electrons. The van der Waals surface area contributed by atoms with Crippen LogP contribution in [-0.4, -0.2) is 28.8 Å². The highest BCUT2D eigenvalue weighted by Gasteiger charge is 2.33. The smallest absolute Gasteiger partial charge is 0.435 e. The number of rotatable bonds is 6. The Morgan fingerprint density at radius 1 is 1.26 bits per heavy atom. The molecule has 8 heteroatoms. The lowest BCUT2D eigenvalue weighted by Gasteiger charge is -2.08. The van der Waals surface area contributed by atoms with Crippen molar-refractivity contribution in [2.24, 2.45) is 0 Å². The van der Waals surface area contributed by atoms with Crippen LogP contribution in [0.15, 0.2) is 36.5 Å². The summed E-state index contributed by atoms with van der Waals surface area (Å²) < 4.78 is 43.5. The number of benzene rings is 1. The normalized spacial score (nSPS) is 11.3. The topological polar surface area (TPSA) is 56.1 Å². The number of amides is 1. The summed E-state index contributed by atoms with van der Waals surface area (Å²) in [7, 11) is 0. The van der Waals surface area contributed by atoms with E-state index in [1.54, 1.807) is 12.1 Å². The third-order valence-electron chi connectivity index (χ3n) is 2.99. The standard InChI is InChI=1S/C15H16F3N3O2/c1-11-2-4-12(5-3-11)23-10-14(22)19-7-9-21-8-6-13(20-21)15(16,17)18/h2-6,8H,7,9-10H2,1H3,(H,19,22). The van der Waals surface area contributed by atoms with Gasteiger partial charge in [0.1, 0.15) is 5.75 Å². The van der Waals surface area contributed by atoms with Gasteiger partial charge in [0.15, 0.2) is 12.3 Å². The molecule has 2 aromatic rings. The fourth-order valence-corrected chi connectivity index (χ4v) is 1.78. The summed E-state index contributed by atoms with van der Waals surface area (Å²) in [6.07, 6.45) is -3.24. The van der Waals surface area contributed by atoms with Crippen LogP contribution >= 0.6 is 0 Å². The summed E-state index contributed by atoms with van der Waals surface area (Å²) in [5.41, 5.74) is 0.130. The van der Waals surface area contributed by atoms with Crippen molar-refractivity contribution in [2.45, 2.75) is 19.6 Å². The maximum Gasteiger partial charge on any atom is 0.435 e. The summed E-state index contributed by atoms with van der Waals surface area (Å²) in [4.78, 5) is 11.6. The van der Waals surface area contributed by atoms with Crippen molar-refractivity contribution in [1.82, 2.24) is 15.1 Å². The van der Waals surface area contributed by atoms with Crippen molar-refractivity contribution in [1.29, 1.82) is 0 Å². The molecule has 0 bridgehead atoms. The van der Waals surface area contributed by atoms with Crippen LogP contribution < -0.4 is 10.1 Å². The average molecular weight is 327 g/mol. The summed E-state index contributed by atoms with van der Waals surface area (Å²) >= 11 is 0. The van der Waals surface area contributed by atoms with Crippen molar-refractivity contribution in [3.8, 4) is 5.75 Å². The van der Waals surface area contributed by atoms with Gasteiger partial charge in [-0.15, -0.1) is 0 Å². The lowest BCUT2D eigenvalue weighted by molar-refractivity contribution is -0.141. The quantitative estimate of drug-likeness (QED) is 0.886. The highest BCUT2D eigenvalue weighted by atomic mass is 19.4. The fourth-order valence-electron chi connectivity index (χ4n) is 1.78. The molecule has 0 aliphatic carbocycles. The number of aromatic nitrogens is 2. The summed E-state index contributed by atoms with van der Waals surface area (Å²) in [5.74, 6) is 0.224. The van der Waals surface area contributed by atoms with Crippen LogP contribution in [0.4, 0.5) is 13.2 Å². The van der Waals surface area contributed by atoms with Crippen LogP contribution in [-0.2, 0) is 17.5 Å². The van der Waals surface area contributed by atoms with Gasteiger partial charge in [-0.05, 0) is 25.1 Å². The Kier molecular flexibility index (Phi) is 5.25. The van der Waals surface area contributed by atoms with Gasteiger partial charge in [0.25, 0.3) is 5.91 Å². The van der Waals surface area contributed by atoms with E-state index in [4.69, 9.17) is 4.74 Å². The Balaban J connectivity index is 1.70. The van der Waals surface area contributed by atoms with Crippen molar-refractivity contribution < 1.29 is 22.7 Å².